The second-order valence-corrected chi connectivity index (χ2v) is 15.5. The minimum absolute atomic E-state index is 0.0923. The smallest absolute Gasteiger partial charge is 0.320 e. The molecular formula is C38H64N2O14S. The van der Waals surface area contributed by atoms with E-state index in [4.69, 9.17) is 33.6 Å². The van der Waals surface area contributed by atoms with Crippen LogP contribution in [0.1, 0.15) is 98.1 Å². The van der Waals surface area contributed by atoms with Crippen molar-refractivity contribution in [1.82, 2.24) is 10.2 Å². The third-order valence-corrected chi connectivity index (χ3v) is 8.77. The average Bonchev–Trinajstić information content (AvgIpc) is 3.08. The lowest BCUT2D eigenvalue weighted by molar-refractivity contribution is -0.264. The summed E-state index contributed by atoms with van der Waals surface area (Å²) in [4.78, 5) is 57.4. The molecule has 1 aromatic rings. The number of carbonyl (C=O) groups is 3. The fraction of sp³-hybridized carbons (Fsp3) is 0.658. The SMILES string of the molecule is C=C(C)OOCCC(O)COC(=O)CN(CC(=O)OCC(O)CCOOC(=C)C)Cc1ccc(C(C)CC)cc1.CCC(C)C(=O)NC(C)(C)CS(=O)(=O)O. The molecule has 0 spiro atoms. The van der Waals surface area contributed by atoms with Crippen LogP contribution in [0.3, 0.4) is 0 Å². The third-order valence-electron chi connectivity index (χ3n) is 7.68. The number of hydrogen-bond acceptors (Lipinski definition) is 14. The first-order valence-electron chi connectivity index (χ1n) is 18.2. The van der Waals surface area contributed by atoms with Crippen molar-refractivity contribution in [1.29, 1.82) is 0 Å². The summed E-state index contributed by atoms with van der Waals surface area (Å²) in [6, 6.07) is 7.98. The molecule has 0 bridgehead atoms. The van der Waals surface area contributed by atoms with Gasteiger partial charge in [-0.25, -0.2) is 0 Å². The highest BCUT2D eigenvalue weighted by Crippen LogP contribution is 2.19. The maximum atomic E-state index is 12.5. The molecule has 0 fully saturated rings. The van der Waals surface area contributed by atoms with Crippen LogP contribution >= 0.6 is 0 Å². The number of nitrogens with one attached hydrogen (secondary N) is 1. The lowest BCUT2D eigenvalue weighted by Gasteiger charge is -2.26. The van der Waals surface area contributed by atoms with E-state index in [1.165, 1.54) is 5.56 Å². The van der Waals surface area contributed by atoms with Crippen molar-refractivity contribution in [2.24, 2.45) is 5.92 Å². The summed E-state index contributed by atoms with van der Waals surface area (Å²) in [5.74, 6) is -0.895. The zero-order chi connectivity index (χ0) is 42.2. The molecule has 0 radical (unpaired) electrons. The Morgan fingerprint density at radius 3 is 1.67 bits per heavy atom. The van der Waals surface area contributed by atoms with E-state index in [0.29, 0.717) is 23.9 Å². The van der Waals surface area contributed by atoms with Crippen LogP contribution in [0.4, 0.5) is 0 Å². The zero-order valence-corrected chi connectivity index (χ0v) is 34.5. The second kappa shape index (κ2) is 27.1. The number of rotatable bonds is 27. The molecule has 0 aromatic heterocycles. The number of amides is 1. The summed E-state index contributed by atoms with van der Waals surface area (Å²) in [7, 11) is -4.07. The standard InChI is InChI=1S/C29H45NO10.C9H19NO4S/c1-7-23(6)25-10-8-24(9-11-25)16-30(17-28(33)35-19-26(31)12-14-37-39-21(2)3)18-29(34)36-20-27(32)13-15-38-40-22(4)5;1-5-7(2)8(11)10-9(3,4)6-15(12,13)14/h8-11,23,26-27,31-32H,2,4,7,12-20H2,1,3,5-6H3;7H,5-6H2,1-4H3,(H,10,11)(H,12,13,14). The van der Waals surface area contributed by atoms with E-state index in [1.807, 2.05) is 31.2 Å². The fourth-order valence-corrected chi connectivity index (χ4v) is 5.39. The van der Waals surface area contributed by atoms with Crippen LogP contribution in [0.5, 0.6) is 0 Å². The van der Waals surface area contributed by atoms with Gasteiger partial charge in [0.05, 0.1) is 49.8 Å². The van der Waals surface area contributed by atoms with Gasteiger partial charge >= 0.3 is 11.9 Å². The Morgan fingerprint density at radius 2 is 1.29 bits per heavy atom. The van der Waals surface area contributed by atoms with E-state index in [9.17, 15) is 33.0 Å². The van der Waals surface area contributed by atoms with E-state index in [2.05, 4.69) is 32.3 Å². The Labute approximate surface area is 326 Å². The quantitative estimate of drug-likeness (QED) is 0.0243. The summed E-state index contributed by atoms with van der Waals surface area (Å²) in [5, 5.41) is 22.6. The summed E-state index contributed by atoms with van der Waals surface area (Å²) in [6.07, 6.45) is 0.178. The summed E-state index contributed by atoms with van der Waals surface area (Å²) < 4.78 is 40.4. The molecule has 316 valence electrons. The van der Waals surface area contributed by atoms with Crippen LogP contribution < -0.4 is 5.32 Å². The molecule has 0 heterocycles. The molecule has 4 unspecified atom stereocenters. The molecule has 4 N–H and O–H groups in total. The number of aliphatic hydroxyl groups excluding tert-OH is 2. The van der Waals surface area contributed by atoms with Gasteiger partial charge in [-0.2, -0.15) is 18.2 Å². The Balaban J connectivity index is 0.00000163. The predicted molar refractivity (Wildman–Crippen MR) is 205 cm³/mol. The van der Waals surface area contributed by atoms with E-state index in [1.54, 1.807) is 39.5 Å². The van der Waals surface area contributed by atoms with Gasteiger partial charge in [-0.1, -0.05) is 65.1 Å². The molecule has 55 heavy (non-hydrogen) atoms. The maximum Gasteiger partial charge on any atom is 0.320 e. The molecule has 0 aliphatic heterocycles. The summed E-state index contributed by atoms with van der Waals surface area (Å²) >= 11 is 0. The van der Waals surface area contributed by atoms with Gasteiger partial charge in [0.25, 0.3) is 10.1 Å². The number of hydrogen-bond donors (Lipinski definition) is 4. The molecule has 0 aliphatic rings. The Morgan fingerprint density at radius 1 is 0.836 bits per heavy atom. The van der Waals surface area contributed by atoms with Crippen molar-refractivity contribution in [2.45, 2.75) is 111 Å². The van der Waals surface area contributed by atoms with Crippen molar-refractivity contribution in [2.75, 3.05) is 45.3 Å². The highest BCUT2D eigenvalue weighted by molar-refractivity contribution is 7.85. The molecule has 4 atom stereocenters. The molecule has 16 nitrogen and oxygen atoms in total. The highest BCUT2D eigenvalue weighted by atomic mass is 32.2. The summed E-state index contributed by atoms with van der Waals surface area (Å²) in [6.45, 7) is 20.9. The van der Waals surface area contributed by atoms with Gasteiger partial charge in [-0.05, 0) is 57.6 Å². The topological polar surface area (TPSA) is 217 Å². The normalized spacial score (nSPS) is 13.7. The largest absolute Gasteiger partial charge is 0.462 e. The lowest BCUT2D eigenvalue weighted by Crippen LogP contribution is -2.49. The monoisotopic (exact) mass is 804 g/mol. The van der Waals surface area contributed by atoms with Crippen LogP contribution in [0, 0.1) is 5.92 Å². The number of benzene rings is 1. The second-order valence-electron chi connectivity index (χ2n) is 14.1. The third kappa shape index (κ3) is 27.6. The van der Waals surface area contributed by atoms with Crippen molar-refractivity contribution in [3.05, 3.63) is 60.1 Å². The van der Waals surface area contributed by atoms with E-state index in [0.717, 1.165) is 12.0 Å². The van der Waals surface area contributed by atoms with E-state index in [-0.39, 0.29) is 70.7 Å². The molecule has 0 aliphatic carbocycles. The van der Waals surface area contributed by atoms with Gasteiger partial charge in [0, 0.05) is 25.3 Å². The number of esters is 2. The van der Waals surface area contributed by atoms with Crippen LogP contribution in [0.2, 0.25) is 0 Å². The van der Waals surface area contributed by atoms with Crippen molar-refractivity contribution in [3.63, 3.8) is 0 Å². The maximum absolute atomic E-state index is 12.5. The first-order chi connectivity index (χ1) is 25.6. The Bertz CT molecular complexity index is 1370. The Hall–Kier alpha value is -3.58. The lowest BCUT2D eigenvalue weighted by atomic mass is 9.97. The number of ether oxygens (including phenoxy) is 2. The van der Waals surface area contributed by atoms with E-state index >= 15 is 0 Å². The highest BCUT2D eigenvalue weighted by Gasteiger charge is 2.28. The molecule has 1 rings (SSSR count). The minimum Gasteiger partial charge on any atom is -0.462 e. The molecule has 17 heteroatoms. The first kappa shape index (κ1) is 51.4. The van der Waals surface area contributed by atoms with Crippen LogP contribution in [-0.4, -0.2) is 109 Å². The number of nitrogens with zero attached hydrogens (tertiary/aromatic N) is 1. The molecular weight excluding hydrogens is 740 g/mol. The van der Waals surface area contributed by atoms with Gasteiger partial charge in [-0.3, -0.25) is 23.8 Å². The van der Waals surface area contributed by atoms with Crippen LogP contribution in [-0.2, 0) is 60.1 Å². The summed E-state index contributed by atoms with van der Waals surface area (Å²) in [5.41, 5.74) is 1.15. The van der Waals surface area contributed by atoms with Crippen molar-refractivity contribution in [3.8, 4) is 0 Å². The molecule has 0 saturated heterocycles. The van der Waals surface area contributed by atoms with Gasteiger partial charge in [0.15, 0.2) is 0 Å². The van der Waals surface area contributed by atoms with Crippen molar-refractivity contribution >= 4 is 28.0 Å². The van der Waals surface area contributed by atoms with Gasteiger partial charge in [0.2, 0.25) is 5.91 Å². The number of aliphatic hydroxyl groups is 2. The van der Waals surface area contributed by atoms with Crippen molar-refractivity contribution < 1.29 is 66.6 Å². The van der Waals surface area contributed by atoms with Gasteiger partial charge in [-0.15, -0.1) is 0 Å². The molecule has 0 saturated carbocycles. The number of allylic oxidation sites excluding steroid dienone is 2. The Kier molecular flexibility index (Phi) is 25.3. The predicted octanol–water partition coefficient (Wildman–Crippen LogP) is 4.37. The molecule has 1 amide bonds. The zero-order valence-electron chi connectivity index (χ0n) is 33.7. The fourth-order valence-electron chi connectivity index (χ4n) is 4.40. The minimum atomic E-state index is -4.07. The number of carbonyl (C=O) groups excluding carboxylic acids is 3. The average molecular weight is 805 g/mol. The van der Waals surface area contributed by atoms with Crippen LogP contribution in [0.25, 0.3) is 0 Å². The molecule has 1 aromatic carbocycles. The first-order valence-corrected chi connectivity index (χ1v) is 19.8. The van der Waals surface area contributed by atoms with Gasteiger partial charge < -0.3 is 34.8 Å². The van der Waals surface area contributed by atoms with E-state index < -0.39 is 45.6 Å². The van der Waals surface area contributed by atoms with Crippen LogP contribution in [0.15, 0.2) is 48.9 Å². The van der Waals surface area contributed by atoms with Gasteiger partial charge in [0.1, 0.15) is 24.7 Å².